The van der Waals surface area contributed by atoms with Crippen LogP contribution in [0.25, 0.3) is 6.08 Å². The highest BCUT2D eigenvalue weighted by atomic mass is 35.5. The van der Waals surface area contributed by atoms with Gasteiger partial charge in [-0.3, -0.25) is 4.79 Å². The molecule has 1 atom stereocenters. The summed E-state index contributed by atoms with van der Waals surface area (Å²) in [5, 5.41) is 12.6. The Morgan fingerprint density at radius 2 is 1.96 bits per heavy atom. The molecule has 6 heteroatoms. The summed E-state index contributed by atoms with van der Waals surface area (Å²) in [6.07, 6.45) is 2.41. The molecule has 5 nitrogen and oxygen atoms in total. The van der Waals surface area contributed by atoms with Crippen molar-refractivity contribution in [2.75, 3.05) is 6.79 Å². The lowest BCUT2D eigenvalue weighted by Crippen LogP contribution is -2.27. The van der Waals surface area contributed by atoms with Gasteiger partial charge in [-0.15, -0.1) is 0 Å². The van der Waals surface area contributed by atoms with Crippen LogP contribution in [-0.4, -0.2) is 12.7 Å². The average molecular weight is 383 g/mol. The van der Waals surface area contributed by atoms with Crippen molar-refractivity contribution in [3.05, 3.63) is 63.7 Å². The molecule has 0 saturated carbocycles. The van der Waals surface area contributed by atoms with Crippen LogP contribution in [0.4, 0.5) is 0 Å². The largest absolute Gasteiger partial charge is 0.454 e. The number of nitriles is 1. The Kier molecular flexibility index (Phi) is 5.68. The SMILES string of the molecule is CCc1ccc([C@H](C)NC(=O)/C(C#N)=C\c2cc3c(cc2Cl)OCO3)cc1. The summed E-state index contributed by atoms with van der Waals surface area (Å²) in [4.78, 5) is 12.5. The Hall–Kier alpha value is -2.97. The Morgan fingerprint density at radius 1 is 1.30 bits per heavy atom. The summed E-state index contributed by atoms with van der Waals surface area (Å²) in [6, 6.07) is 13.0. The number of nitrogens with zero attached hydrogens (tertiary/aromatic N) is 1. The maximum absolute atomic E-state index is 12.5. The van der Waals surface area contributed by atoms with Gasteiger partial charge >= 0.3 is 0 Å². The molecule has 27 heavy (non-hydrogen) atoms. The van der Waals surface area contributed by atoms with E-state index >= 15 is 0 Å². The lowest BCUT2D eigenvalue weighted by atomic mass is 10.0. The highest BCUT2D eigenvalue weighted by Crippen LogP contribution is 2.37. The van der Waals surface area contributed by atoms with Crippen LogP contribution in [0, 0.1) is 11.3 Å². The van der Waals surface area contributed by atoms with E-state index in [0.717, 1.165) is 12.0 Å². The standard InChI is InChI=1S/C21H19ClN2O3/c1-3-14-4-6-15(7-5-14)13(2)24-21(25)17(11-23)8-16-9-19-20(10-18(16)22)27-12-26-19/h4-10,13H,3,12H2,1-2H3,(H,24,25)/b17-8-/t13-/m0/s1. The summed E-state index contributed by atoms with van der Waals surface area (Å²) in [6.45, 7) is 4.09. The first kappa shape index (κ1) is 18.8. The van der Waals surface area contributed by atoms with Crippen molar-refractivity contribution in [2.45, 2.75) is 26.3 Å². The van der Waals surface area contributed by atoms with E-state index in [-0.39, 0.29) is 18.4 Å². The van der Waals surface area contributed by atoms with E-state index in [4.69, 9.17) is 21.1 Å². The molecule has 138 valence electrons. The maximum atomic E-state index is 12.5. The Balaban J connectivity index is 1.77. The summed E-state index contributed by atoms with van der Waals surface area (Å²) < 4.78 is 10.6. The second kappa shape index (κ2) is 8.15. The number of benzene rings is 2. The number of ether oxygens (including phenoxy) is 2. The molecule has 0 fully saturated rings. The number of hydrogen-bond acceptors (Lipinski definition) is 4. The van der Waals surface area contributed by atoms with Gasteiger partial charge in [0.05, 0.1) is 11.1 Å². The monoisotopic (exact) mass is 382 g/mol. The maximum Gasteiger partial charge on any atom is 0.262 e. The van der Waals surface area contributed by atoms with Crippen molar-refractivity contribution in [1.29, 1.82) is 5.26 Å². The van der Waals surface area contributed by atoms with Crippen LogP contribution in [0.2, 0.25) is 5.02 Å². The number of amides is 1. The number of halogens is 1. The second-order valence-electron chi connectivity index (χ2n) is 6.19. The van der Waals surface area contributed by atoms with Crippen LogP contribution in [0.3, 0.4) is 0 Å². The molecule has 1 heterocycles. The lowest BCUT2D eigenvalue weighted by Gasteiger charge is -2.14. The van der Waals surface area contributed by atoms with E-state index in [1.807, 2.05) is 37.3 Å². The van der Waals surface area contributed by atoms with Gasteiger partial charge in [-0.2, -0.15) is 5.26 Å². The number of hydrogen-bond donors (Lipinski definition) is 1. The fraction of sp³-hybridized carbons (Fsp3) is 0.238. The molecule has 0 aromatic heterocycles. The van der Waals surface area contributed by atoms with E-state index in [1.54, 1.807) is 12.1 Å². The van der Waals surface area contributed by atoms with Crippen molar-refractivity contribution >= 4 is 23.6 Å². The molecule has 0 aliphatic carbocycles. The molecule has 0 saturated heterocycles. The number of carbonyl (C=O) groups is 1. The summed E-state index contributed by atoms with van der Waals surface area (Å²) in [5.74, 6) is 0.621. The fourth-order valence-electron chi connectivity index (χ4n) is 2.75. The molecule has 0 radical (unpaired) electrons. The molecule has 0 spiro atoms. The highest BCUT2D eigenvalue weighted by Gasteiger charge is 2.18. The van der Waals surface area contributed by atoms with Crippen molar-refractivity contribution in [1.82, 2.24) is 5.32 Å². The van der Waals surface area contributed by atoms with E-state index in [9.17, 15) is 10.1 Å². The summed E-state index contributed by atoms with van der Waals surface area (Å²) >= 11 is 6.22. The van der Waals surface area contributed by atoms with Crippen LogP contribution < -0.4 is 14.8 Å². The number of nitrogens with one attached hydrogen (secondary N) is 1. The minimum Gasteiger partial charge on any atom is -0.454 e. The van der Waals surface area contributed by atoms with Crippen LogP contribution in [0.1, 0.15) is 36.6 Å². The summed E-state index contributed by atoms with van der Waals surface area (Å²) in [5.41, 5.74) is 2.69. The molecule has 1 amide bonds. The molecule has 2 aromatic carbocycles. The Morgan fingerprint density at radius 3 is 2.59 bits per heavy atom. The van der Waals surface area contributed by atoms with Gasteiger partial charge in [0.25, 0.3) is 5.91 Å². The van der Waals surface area contributed by atoms with Gasteiger partial charge in [0, 0.05) is 6.07 Å². The van der Waals surface area contributed by atoms with Crippen molar-refractivity contribution in [3.63, 3.8) is 0 Å². The minimum absolute atomic E-state index is 0.0345. The van der Waals surface area contributed by atoms with Gasteiger partial charge in [-0.1, -0.05) is 42.8 Å². The topological polar surface area (TPSA) is 71.4 Å². The predicted octanol–water partition coefficient (Wildman–Crippen LogP) is 4.42. The van der Waals surface area contributed by atoms with Crippen LogP contribution in [0.5, 0.6) is 11.5 Å². The average Bonchev–Trinajstić information content (AvgIpc) is 3.12. The predicted molar refractivity (Wildman–Crippen MR) is 104 cm³/mol. The molecular weight excluding hydrogens is 364 g/mol. The van der Waals surface area contributed by atoms with Gasteiger partial charge in [0.1, 0.15) is 11.6 Å². The number of carbonyl (C=O) groups excluding carboxylic acids is 1. The smallest absolute Gasteiger partial charge is 0.262 e. The van der Waals surface area contributed by atoms with E-state index in [0.29, 0.717) is 22.1 Å². The second-order valence-corrected chi connectivity index (χ2v) is 6.59. The van der Waals surface area contributed by atoms with Crippen molar-refractivity contribution < 1.29 is 14.3 Å². The molecule has 3 rings (SSSR count). The molecule has 1 N–H and O–H groups in total. The number of rotatable bonds is 5. The fourth-order valence-corrected chi connectivity index (χ4v) is 2.96. The van der Waals surface area contributed by atoms with Gasteiger partial charge in [0.15, 0.2) is 11.5 Å². The van der Waals surface area contributed by atoms with Crippen LogP contribution >= 0.6 is 11.6 Å². The van der Waals surface area contributed by atoms with Gasteiger partial charge in [-0.05, 0) is 42.2 Å². The van der Waals surface area contributed by atoms with Crippen molar-refractivity contribution in [3.8, 4) is 17.6 Å². The Bertz CT molecular complexity index is 930. The van der Waals surface area contributed by atoms with Gasteiger partial charge < -0.3 is 14.8 Å². The van der Waals surface area contributed by atoms with E-state index in [2.05, 4.69) is 12.2 Å². The number of aryl methyl sites for hydroxylation is 1. The van der Waals surface area contributed by atoms with Gasteiger partial charge in [-0.25, -0.2) is 0 Å². The van der Waals surface area contributed by atoms with Crippen molar-refractivity contribution in [2.24, 2.45) is 0 Å². The summed E-state index contributed by atoms with van der Waals surface area (Å²) in [7, 11) is 0. The molecule has 2 aromatic rings. The van der Waals surface area contributed by atoms with Crippen LogP contribution in [0.15, 0.2) is 42.0 Å². The molecular formula is C21H19ClN2O3. The quantitative estimate of drug-likeness (QED) is 0.614. The third-order valence-electron chi connectivity index (χ3n) is 4.39. The van der Waals surface area contributed by atoms with Gasteiger partial charge in [0.2, 0.25) is 6.79 Å². The minimum atomic E-state index is -0.460. The molecule has 1 aliphatic rings. The zero-order valence-corrected chi connectivity index (χ0v) is 15.8. The van der Waals surface area contributed by atoms with Crippen LogP contribution in [-0.2, 0) is 11.2 Å². The Labute approximate surface area is 163 Å². The molecule has 1 aliphatic heterocycles. The molecule has 0 bridgehead atoms. The zero-order chi connectivity index (χ0) is 19.4. The van der Waals surface area contributed by atoms with E-state index in [1.165, 1.54) is 11.6 Å². The van der Waals surface area contributed by atoms with E-state index < -0.39 is 5.91 Å². The normalized spacial score (nSPS) is 13.8. The lowest BCUT2D eigenvalue weighted by molar-refractivity contribution is -0.117. The highest BCUT2D eigenvalue weighted by molar-refractivity contribution is 6.32. The third kappa shape index (κ3) is 4.24. The first-order chi connectivity index (χ1) is 13.0. The first-order valence-electron chi connectivity index (χ1n) is 8.62. The molecule has 0 unspecified atom stereocenters. The third-order valence-corrected chi connectivity index (χ3v) is 4.72. The first-order valence-corrected chi connectivity index (χ1v) is 9.00. The number of fused-ring (bicyclic) bond motifs is 1. The zero-order valence-electron chi connectivity index (χ0n) is 15.1.